The average Bonchev–Trinajstić information content (AvgIpc) is 2.67. The molecule has 0 N–H and O–H groups in total. The van der Waals surface area contributed by atoms with Crippen molar-refractivity contribution < 1.29 is 0 Å². The van der Waals surface area contributed by atoms with Gasteiger partial charge in [-0.25, -0.2) is 0 Å². The summed E-state index contributed by atoms with van der Waals surface area (Å²) in [4.78, 5) is 0. The second-order valence-electron chi connectivity index (χ2n) is 12.4. The minimum atomic E-state index is 0.531. The van der Waals surface area contributed by atoms with E-state index in [2.05, 4.69) is 27.7 Å². The Labute approximate surface area is 185 Å². The summed E-state index contributed by atoms with van der Waals surface area (Å²) in [5, 5.41) is 0. The van der Waals surface area contributed by atoms with Crippen LogP contribution in [0.1, 0.15) is 156 Å². The Bertz CT molecular complexity index is 377. The normalized spacial score (nSPS) is 30.2. The molecule has 2 aliphatic rings. The third-order valence-electron chi connectivity index (χ3n) is 8.41. The zero-order valence-electron chi connectivity index (χ0n) is 21.0. The zero-order chi connectivity index (χ0) is 21.0. The van der Waals surface area contributed by atoms with Gasteiger partial charge in [0.15, 0.2) is 0 Å². The first-order valence-corrected chi connectivity index (χ1v) is 13.9. The first-order valence-electron chi connectivity index (χ1n) is 13.9. The highest BCUT2D eigenvalue weighted by Crippen LogP contribution is 2.37. The van der Waals surface area contributed by atoms with Gasteiger partial charge in [-0.15, -0.1) is 0 Å². The van der Waals surface area contributed by atoms with E-state index in [1.165, 1.54) is 109 Å². The third kappa shape index (κ3) is 11.8. The summed E-state index contributed by atoms with van der Waals surface area (Å²) in [6.07, 6.45) is 30.2. The van der Waals surface area contributed by atoms with Gasteiger partial charge in [-0.05, 0) is 41.9 Å². The van der Waals surface area contributed by atoms with Crippen molar-refractivity contribution in [3.63, 3.8) is 0 Å². The molecule has 0 bridgehead atoms. The minimum absolute atomic E-state index is 0.531. The molecule has 29 heavy (non-hydrogen) atoms. The molecule has 2 aliphatic carbocycles. The lowest BCUT2D eigenvalue weighted by Gasteiger charge is -2.32. The molecule has 0 aromatic rings. The maximum absolute atomic E-state index is 2.54. The van der Waals surface area contributed by atoms with Crippen LogP contribution in [0.4, 0.5) is 0 Å². The average molecular weight is 405 g/mol. The number of hydrogen-bond acceptors (Lipinski definition) is 0. The molecule has 0 aromatic heterocycles. The van der Waals surface area contributed by atoms with E-state index in [0.717, 1.165) is 23.7 Å². The molecule has 0 nitrogen and oxygen atoms in total. The molecule has 0 saturated heterocycles. The van der Waals surface area contributed by atoms with Crippen molar-refractivity contribution in [1.29, 1.82) is 0 Å². The van der Waals surface area contributed by atoms with Gasteiger partial charge >= 0.3 is 0 Å². The van der Waals surface area contributed by atoms with Gasteiger partial charge in [0, 0.05) is 0 Å². The predicted octanol–water partition coefficient (Wildman–Crippen LogP) is 10.3. The van der Waals surface area contributed by atoms with Crippen LogP contribution < -0.4 is 0 Å². The maximum atomic E-state index is 2.54. The standard InChI is InChI=1S/C29H56/c1-25-16-9-14-22-28(25)24-27-20-12-10-18-26(19-11-13-21-27)17-8-6-5-7-15-23-29(2,3)4/h25-28H,5-24H2,1-4H3. The molecule has 172 valence electrons. The fourth-order valence-electron chi connectivity index (χ4n) is 6.34. The van der Waals surface area contributed by atoms with E-state index in [-0.39, 0.29) is 0 Å². The zero-order valence-corrected chi connectivity index (χ0v) is 21.0. The van der Waals surface area contributed by atoms with E-state index >= 15 is 0 Å². The van der Waals surface area contributed by atoms with Gasteiger partial charge in [0.25, 0.3) is 0 Å². The molecule has 2 unspecified atom stereocenters. The fraction of sp³-hybridized carbons (Fsp3) is 1.00. The maximum Gasteiger partial charge on any atom is -0.0383 e. The molecule has 0 aliphatic heterocycles. The molecule has 0 heterocycles. The highest BCUT2D eigenvalue weighted by Gasteiger charge is 2.24. The quantitative estimate of drug-likeness (QED) is 0.335. The van der Waals surface area contributed by atoms with Crippen LogP contribution in [0.25, 0.3) is 0 Å². The number of hydrogen-bond donors (Lipinski definition) is 0. The Hall–Kier alpha value is 0. The Balaban J connectivity index is 1.55. The van der Waals surface area contributed by atoms with Crippen LogP contribution >= 0.6 is 0 Å². The first kappa shape index (κ1) is 25.3. The van der Waals surface area contributed by atoms with Crippen molar-refractivity contribution in [1.82, 2.24) is 0 Å². The first-order chi connectivity index (χ1) is 13.9. The van der Waals surface area contributed by atoms with Crippen LogP contribution in [0.2, 0.25) is 0 Å². The lowest BCUT2D eigenvalue weighted by molar-refractivity contribution is 0.194. The Kier molecular flexibility index (Phi) is 12.3. The number of rotatable bonds is 9. The van der Waals surface area contributed by atoms with E-state index in [9.17, 15) is 0 Å². The van der Waals surface area contributed by atoms with Crippen molar-refractivity contribution in [3.8, 4) is 0 Å². The van der Waals surface area contributed by atoms with Gasteiger partial charge in [0.2, 0.25) is 0 Å². The largest absolute Gasteiger partial charge is 0.0622 e. The van der Waals surface area contributed by atoms with E-state index in [1.807, 2.05) is 0 Å². The van der Waals surface area contributed by atoms with E-state index in [4.69, 9.17) is 0 Å². The molecule has 2 saturated carbocycles. The van der Waals surface area contributed by atoms with Crippen LogP contribution in [-0.4, -0.2) is 0 Å². The smallest absolute Gasteiger partial charge is 0.0383 e. The Morgan fingerprint density at radius 1 is 0.586 bits per heavy atom. The summed E-state index contributed by atoms with van der Waals surface area (Å²) in [6, 6.07) is 0. The third-order valence-corrected chi connectivity index (χ3v) is 8.41. The summed E-state index contributed by atoms with van der Waals surface area (Å²) < 4.78 is 0. The topological polar surface area (TPSA) is 0 Å². The van der Waals surface area contributed by atoms with Crippen LogP contribution in [-0.2, 0) is 0 Å². The van der Waals surface area contributed by atoms with Crippen LogP contribution in [0.5, 0.6) is 0 Å². The van der Waals surface area contributed by atoms with E-state index in [0.29, 0.717) is 5.41 Å². The molecule has 0 spiro atoms. The van der Waals surface area contributed by atoms with Crippen molar-refractivity contribution in [2.75, 3.05) is 0 Å². The second kappa shape index (κ2) is 14.1. The highest BCUT2D eigenvalue weighted by molar-refractivity contribution is 4.76. The predicted molar refractivity (Wildman–Crippen MR) is 131 cm³/mol. The molecule has 0 aromatic carbocycles. The monoisotopic (exact) mass is 404 g/mol. The van der Waals surface area contributed by atoms with Gasteiger partial charge in [-0.1, -0.05) is 143 Å². The summed E-state index contributed by atoms with van der Waals surface area (Å²) in [5.74, 6) is 4.19. The van der Waals surface area contributed by atoms with Crippen molar-refractivity contribution in [2.24, 2.45) is 29.1 Å². The van der Waals surface area contributed by atoms with Crippen molar-refractivity contribution in [3.05, 3.63) is 0 Å². The summed E-state index contributed by atoms with van der Waals surface area (Å²) in [5.41, 5.74) is 0.531. The molecule has 0 amide bonds. The fourth-order valence-corrected chi connectivity index (χ4v) is 6.34. The molecular formula is C29H56. The van der Waals surface area contributed by atoms with Gasteiger partial charge in [0.1, 0.15) is 0 Å². The Morgan fingerprint density at radius 3 is 1.72 bits per heavy atom. The highest BCUT2D eigenvalue weighted by atomic mass is 14.3. The van der Waals surface area contributed by atoms with Crippen LogP contribution in [0.3, 0.4) is 0 Å². The van der Waals surface area contributed by atoms with Crippen LogP contribution in [0.15, 0.2) is 0 Å². The van der Waals surface area contributed by atoms with E-state index in [1.54, 1.807) is 19.3 Å². The molecule has 0 radical (unpaired) electrons. The summed E-state index contributed by atoms with van der Waals surface area (Å²) in [7, 11) is 0. The summed E-state index contributed by atoms with van der Waals surface area (Å²) in [6.45, 7) is 9.68. The molecule has 2 atom stereocenters. The minimum Gasteiger partial charge on any atom is -0.0622 e. The Morgan fingerprint density at radius 2 is 1.10 bits per heavy atom. The van der Waals surface area contributed by atoms with Crippen LogP contribution in [0, 0.1) is 29.1 Å². The van der Waals surface area contributed by atoms with Gasteiger partial charge in [0.05, 0.1) is 0 Å². The lowest BCUT2D eigenvalue weighted by atomic mass is 9.73. The van der Waals surface area contributed by atoms with Gasteiger partial charge in [-0.3, -0.25) is 0 Å². The van der Waals surface area contributed by atoms with E-state index < -0.39 is 0 Å². The second-order valence-corrected chi connectivity index (χ2v) is 12.4. The lowest BCUT2D eigenvalue weighted by Crippen LogP contribution is -2.20. The summed E-state index contributed by atoms with van der Waals surface area (Å²) >= 11 is 0. The van der Waals surface area contributed by atoms with Crippen molar-refractivity contribution in [2.45, 2.75) is 156 Å². The molecule has 0 heteroatoms. The van der Waals surface area contributed by atoms with Crippen molar-refractivity contribution >= 4 is 0 Å². The molecular weight excluding hydrogens is 348 g/mol. The van der Waals surface area contributed by atoms with Gasteiger partial charge in [-0.2, -0.15) is 0 Å². The number of unbranched alkanes of at least 4 members (excludes halogenated alkanes) is 4. The molecule has 2 fully saturated rings. The molecule has 2 rings (SSSR count). The SMILES string of the molecule is CC1CCCCC1CC1CCCCC(CCCCCCCC(C)(C)C)CCCC1. The van der Waals surface area contributed by atoms with Gasteiger partial charge < -0.3 is 0 Å².